The molecular formula is C18H15N5O. The Morgan fingerprint density at radius 3 is 2.88 bits per heavy atom. The Bertz CT molecular complexity index is 983. The standard InChI is InChI=1S/C18H15N5O/c1-12-5-6-13(8-20-12)9-21-18(24)16-14-4-2-3-7-23(14)15-10-19-11-22-17(15)16/h2-8,10-11H,9H2,1H3,(H,21,24). The number of amides is 1. The first-order valence-corrected chi connectivity index (χ1v) is 7.62. The number of rotatable bonds is 3. The fourth-order valence-corrected chi connectivity index (χ4v) is 2.77. The fraction of sp³-hybridized carbons (Fsp3) is 0.111. The summed E-state index contributed by atoms with van der Waals surface area (Å²) < 4.78 is 1.93. The third kappa shape index (κ3) is 2.38. The number of hydrogen-bond acceptors (Lipinski definition) is 4. The molecule has 24 heavy (non-hydrogen) atoms. The summed E-state index contributed by atoms with van der Waals surface area (Å²) >= 11 is 0. The number of fused-ring (bicyclic) bond motifs is 3. The number of nitrogens with zero attached hydrogens (tertiary/aromatic N) is 4. The molecule has 6 heteroatoms. The van der Waals surface area contributed by atoms with Gasteiger partial charge < -0.3 is 9.72 Å². The Morgan fingerprint density at radius 1 is 1.12 bits per heavy atom. The van der Waals surface area contributed by atoms with Crippen LogP contribution in [0.15, 0.2) is 55.2 Å². The quantitative estimate of drug-likeness (QED) is 0.630. The highest BCUT2D eigenvalue weighted by Gasteiger charge is 2.18. The van der Waals surface area contributed by atoms with Crippen LogP contribution in [0.4, 0.5) is 0 Å². The van der Waals surface area contributed by atoms with E-state index in [1.54, 1.807) is 12.4 Å². The van der Waals surface area contributed by atoms with Crippen molar-refractivity contribution >= 4 is 22.5 Å². The minimum Gasteiger partial charge on any atom is -0.348 e. The molecule has 0 unspecified atom stereocenters. The summed E-state index contributed by atoms with van der Waals surface area (Å²) in [5.41, 5.74) is 4.74. The normalized spacial score (nSPS) is 11.0. The summed E-state index contributed by atoms with van der Waals surface area (Å²) in [7, 11) is 0. The number of aryl methyl sites for hydroxylation is 1. The molecule has 0 bridgehead atoms. The number of pyridine rings is 2. The van der Waals surface area contributed by atoms with Gasteiger partial charge in [0.1, 0.15) is 11.8 Å². The fourth-order valence-electron chi connectivity index (χ4n) is 2.77. The van der Waals surface area contributed by atoms with Crippen LogP contribution in [-0.4, -0.2) is 25.3 Å². The summed E-state index contributed by atoms with van der Waals surface area (Å²) in [5, 5.41) is 2.95. The zero-order valence-corrected chi connectivity index (χ0v) is 13.1. The molecule has 0 saturated carbocycles. The second kappa shape index (κ2) is 5.73. The van der Waals surface area contributed by atoms with E-state index in [0.29, 0.717) is 17.6 Å². The van der Waals surface area contributed by atoms with Gasteiger partial charge in [0, 0.05) is 24.6 Å². The Kier molecular flexibility index (Phi) is 3.42. The highest BCUT2D eigenvalue weighted by atomic mass is 16.1. The van der Waals surface area contributed by atoms with Crippen molar-refractivity contribution in [1.82, 2.24) is 24.7 Å². The number of hydrogen-bond donors (Lipinski definition) is 1. The number of carbonyl (C=O) groups is 1. The van der Waals surface area contributed by atoms with Crippen molar-refractivity contribution in [3.63, 3.8) is 0 Å². The molecule has 0 atom stereocenters. The first-order valence-electron chi connectivity index (χ1n) is 7.62. The molecule has 1 N–H and O–H groups in total. The van der Waals surface area contributed by atoms with Crippen molar-refractivity contribution in [2.75, 3.05) is 0 Å². The SMILES string of the molecule is Cc1ccc(CNC(=O)c2c3ncncc3n3ccccc23)cn1. The van der Waals surface area contributed by atoms with Crippen LogP contribution in [0.1, 0.15) is 21.6 Å². The number of nitrogens with one attached hydrogen (secondary N) is 1. The van der Waals surface area contributed by atoms with E-state index in [2.05, 4.69) is 20.3 Å². The minimum absolute atomic E-state index is 0.159. The highest BCUT2D eigenvalue weighted by molar-refractivity contribution is 6.12. The van der Waals surface area contributed by atoms with Gasteiger partial charge in [-0.1, -0.05) is 12.1 Å². The van der Waals surface area contributed by atoms with E-state index < -0.39 is 0 Å². The number of aromatic nitrogens is 4. The molecule has 0 aromatic carbocycles. The molecule has 0 fully saturated rings. The van der Waals surface area contributed by atoms with Gasteiger partial charge in [-0.15, -0.1) is 0 Å². The molecule has 4 aromatic rings. The zero-order valence-electron chi connectivity index (χ0n) is 13.1. The summed E-state index contributed by atoms with van der Waals surface area (Å²) in [6.07, 6.45) is 6.86. The lowest BCUT2D eigenvalue weighted by molar-refractivity contribution is 0.0954. The molecule has 4 rings (SSSR count). The summed E-state index contributed by atoms with van der Waals surface area (Å²) in [4.78, 5) is 25.4. The van der Waals surface area contributed by atoms with Gasteiger partial charge in [0.15, 0.2) is 0 Å². The lowest BCUT2D eigenvalue weighted by atomic mass is 10.2. The molecule has 6 nitrogen and oxygen atoms in total. The maximum absolute atomic E-state index is 12.8. The molecule has 0 aliphatic heterocycles. The second-order valence-electron chi connectivity index (χ2n) is 5.58. The zero-order chi connectivity index (χ0) is 16.5. The second-order valence-corrected chi connectivity index (χ2v) is 5.58. The van der Waals surface area contributed by atoms with Crippen molar-refractivity contribution in [2.45, 2.75) is 13.5 Å². The van der Waals surface area contributed by atoms with E-state index in [0.717, 1.165) is 22.3 Å². The maximum atomic E-state index is 12.8. The third-order valence-corrected chi connectivity index (χ3v) is 3.96. The minimum atomic E-state index is -0.159. The van der Waals surface area contributed by atoms with Gasteiger partial charge in [0.05, 0.1) is 22.8 Å². The topological polar surface area (TPSA) is 72.2 Å². The summed E-state index contributed by atoms with van der Waals surface area (Å²) in [6.45, 7) is 2.35. The van der Waals surface area contributed by atoms with Crippen molar-refractivity contribution < 1.29 is 4.79 Å². The van der Waals surface area contributed by atoms with E-state index in [1.807, 2.05) is 47.9 Å². The predicted molar refractivity (Wildman–Crippen MR) is 90.6 cm³/mol. The first kappa shape index (κ1) is 14.3. The van der Waals surface area contributed by atoms with Crippen LogP contribution >= 0.6 is 0 Å². The molecule has 118 valence electrons. The lowest BCUT2D eigenvalue weighted by Crippen LogP contribution is -2.23. The van der Waals surface area contributed by atoms with Crippen LogP contribution < -0.4 is 5.32 Å². The molecule has 1 amide bonds. The van der Waals surface area contributed by atoms with Gasteiger partial charge in [-0.05, 0) is 30.7 Å². The van der Waals surface area contributed by atoms with Crippen LogP contribution in [0.3, 0.4) is 0 Å². The average molecular weight is 317 g/mol. The molecule has 4 heterocycles. The maximum Gasteiger partial charge on any atom is 0.255 e. The third-order valence-electron chi connectivity index (χ3n) is 3.96. The summed E-state index contributed by atoms with van der Waals surface area (Å²) in [5.74, 6) is -0.159. The van der Waals surface area contributed by atoms with E-state index in [4.69, 9.17) is 0 Å². The largest absolute Gasteiger partial charge is 0.348 e. The van der Waals surface area contributed by atoms with Crippen LogP contribution in [0, 0.1) is 6.92 Å². The van der Waals surface area contributed by atoms with Gasteiger partial charge >= 0.3 is 0 Å². The van der Waals surface area contributed by atoms with Crippen LogP contribution in [-0.2, 0) is 6.54 Å². The van der Waals surface area contributed by atoms with Gasteiger partial charge in [-0.25, -0.2) is 9.97 Å². The van der Waals surface area contributed by atoms with Crippen molar-refractivity contribution in [3.8, 4) is 0 Å². The van der Waals surface area contributed by atoms with E-state index in [1.165, 1.54) is 6.33 Å². The van der Waals surface area contributed by atoms with Gasteiger partial charge in [0.25, 0.3) is 5.91 Å². The monoisotopic (exact) mass is 317 g/mol. The van der Waals surface area contributed by atoms with Gasteiger partial charge in [0.2, 0.25) is 0 Å². The molecule has 0 spiro atoms. The van der Waals surface area contributed by atoms with E-state index in [-0.39, 0.29) is 5.91 Å². The average Bonchev–Trinajstić information content (AvgIpc) is 2.96. The van der Waals surface area contributed by atoms with Crippen molar-refractivity contribution in [3.05, 3.63) is 72.1 Å². The van der Waals surface area contributed by atoms with Crippen LogP contribution in [0.25, 0.3) is 16.6 Å². The first-order chi connectivity index (χ1) is 11.7. The van der Waals surface area contributed by atoms with Crippen LogP contribution in [0.2, 0.25) is 0 Å². The van der Waals surface area contributed by atoms with Crippen molar-refractivity contribution in [1.29, 1.82) is 0 Å². The van der Waals surface area contributed by atoms with E-state index >= 15 is 0 Å². The summed E-state index contributed by atoms with van der Waals surface area (Å²) in [6, 6.07) is 9.62. The molecule has 4 aromatic heterocycles. The Morgan fingerprint density at radius 2 is 2.04 bits per heavy atom. The lowest BCUT2D eigenvalue weighted by Gasteiger charge is -2.05. The van der Waals surface area contributed by atoms with E-state index in [9.17, 15) is 4.79 Å². The van der Waals surface area contributed by atoms with Crippen molar-refractivity contribution in [2.24, 2.45) is 0 Å². The molecule has 0 saturated heterocycles. The molecular weight excluding hydrogens is 302 g/mol. The smallest absolute Gasteiger partial charge is 0.255 e. The van der Waals surface area contributed by atoms with Crippen LogP contribution in [0.5, 0.6) is 0 Å². The Balaban J connectivity index is 1.71. The number of carbonyl (C=O) groups excluding carboxylic acids is 1. The van der Waals surface area contributed by atoms with Gasteiger partial charge in [-0.3, -0.25) is 9.78 Å². The van der Waals surface area contributed by atoms with Gasteiger partial charge in [-0.2, -0.15) is 0 Å². The Hall–Kier alpha value is -3.28. The Labute approximate surface area is 138 Å². The highest BCUT2D eigenvalue weighted by Crippen LogP contribution is 2.24. The molecule has 0 radical (unpaired) electrons. The predicted octanol–water partition coefficient (Wildman–Crippen LogP) is 2.52. The molecule has 0 aliphatic carbocycles. The molecule has 0 aliphatic rings.